The van der Waals surface area contributed by atoms with Gasteiger partial charge in [0.1, 0.15) is 0 Å². The lowest BCUT2D eigenvalue weighted by Gasteiger charge is -2.09. The fourth-order valence-corrected chi connectivity index (χ4v) is 1.33. The van der Waals surface area contributed by atoms with Gasteiger partial charge in [0.05, 0.1) is 0 Å². The Morgan fingerprint density at radius 1 is 1.29 bits per heavy atom. The predicted octanol–water partition coefficient (Wildman–Crippen LogP) is 2.48. The SMILES string of the molecule is CC(C)CNc1ccc2c(c1)OCO2. The van der Waals surface area contributed by atoms with Gasteiger partial charge in [-0.3, -0.25) is 0 Å². The van der Waals surface area contributed by atoms with Crippen LogP contribution in [0, 0.1) is 5.92 Å². The van der Waals surface area contributed by atoms with Gasteiger partial charge in [-0.1, -0.05) is 13.8 Å². The minimum absolute atomic E-state index is 0.336. The summed E-state index contributed by atoms with van der Waals surface area (Å²) in [4.78, 5) is 0. The highest BCUT2D eigenvalue weighted by Crippen LogP contribution is 2.34. The summed E-state index contributed by atoms with van der Waals surface area (Å²) in [5, 5.41) is 3.34. The molecule has 0 saturated carbocycles. The first-order chi connectivity index (χ1) is 6.75. The minimum Gasteiger partial charge on any atom is -0.454 e. The van der Waals surface area contributed by atoms with Crippen LogP contribution in [0.5, 0.6) is 11.5 Å². The van der Waals surface area contributed by atoms with Crippen LogP contribution in [0.4, 0.5) is 5.69 Å². The summed E-state index contributed by atoms with van der Waals surface area (Å²) in [5.41, 5.74) is 1.09. The van der Waals surface area contributed by atoms with Crippen molar-refractivity contribution in [1.29, 1.82) is 0 Å². The predicted molar refractivity (Wildman–Crippen MR) is 55.9 cm³/mol. The fraction of sp³-hybridized carbons (Fsp3) is 0.455. The lowest BCUT2D eigenvalue weighted by molar-refractivity contribution is 0.174. The summed E-state index contributed by atoms with van der Waals surface area (Å²) >= 11 is 0. The molecule has 1 N–H and O–H groups in total. The van der Waals surface area contributed by atoms with E-state index in [1.54, 1.807) is 0 Å². The summed E-state index contributed by atoms with van der Waals surface area (Å²) in [7, 11) is 0. The molecular weight excluding hydrogens is 178 g/mol. The van der Waals surface area contributed by atoms with Gasteiger partial charge in [-0.15, -0.1) is 0 Å². The van der Waals surface area contributed by atoms with Gasteiger partial charge in [0.25, 0.3) is 0 Å². The van der Waals surface area contributed by atoms with E-state index >= 15 is 0 Å². The smallest absolute Gasteiger partial charge is 0.231 e. The third-order valence-electron chi connectivity index (χ3n) is 2.09. The number of anilines is 1. The second-order valence-electron chi connectivity index (χ2n) is 3.84. The van der Waals surface area contributed by atoms with Crippen molar-refractivity contribution in [2.24, 2.45) is 5.92 Å². The standard InChI is InChI=1S/C11H15NO2/c1-8(2)6-12-9-3-4-10-11(5-9)14-7-13-10/h3-5,8,12H,6-7H2,1-2H3. The van der Waals surface area contributed by atoms with Crippen molar-refractivity contribution >= 4 is 5.69 Å². The summed E-state index contributed by atoms with van der Waals surface area (Å²) in [6.07, 6.45) is 0. The number of hydrogen-bond donors (Lipinski definition) is 1. The van der Waals surface area contributed by atoms with E-state index in [4.69, 9.17) is 9.47 Å². The van der Waals surface area contributed by atoms with Crippen molar-refractivity contribution in [3.05, 3.63) is 18.2 Å². The Balaban J connectivity index is 2.05. The zero-order chi connectivity index (χ0) is 9.97. The maximum absolute atomic E-state index is 5.28. The molecule has 1 aromatic rings. The van der Waals surface area contributed by atoms with E-state index in [0.29, 0.717) is 12.7 Å². The van der Waals surface area contributed by atoms with E-state index in [9.17, 15) is 0 Å². The van der Waals surface area contributed by atoms with Crippen LogP contribution in [0.1, 0.15) is 13.8 Å². The van der Waals surface area contributed by atoms with E-state index in [-0.39, 0.29) is 0 Å². The average Bonchev–Trinajstić information content (AvgIpc) is 2.61. The largest absolute Gasteiger partial charge is 0.454 e. The van der Waals surface area contributed by atoms with Gasteiger partial charge in [-0.25, -0.2) is 0 Å². The maximum atomic E-state index is 5.28. The Bertz CT molecular complexity index is 323. The summed E-state index contributed by atoms with van der Waals surface area (Å²) in [6.45, 7) is 5.67. The van der Waals surface area contributed by atoms with Crippen LogP contribution in [0.3, 0.4) is 0 Å². The fourth-order valence-electron chi connectivity index (χ4n) is 1.33. The van der Waals surface area contributed by atoms with E-state index in [2.05, 4.69) is 19.2 Å². The molecule has 1 heterocycles. The molecule has 0 radical (unpaired) electrons. The Morgan fingerprint density at radius 2 is 2.07 bits per heavy atom. The number of ether oxygens (including phenoxy) is 2. The van der Waals surface area contributed by atoms with Crippen molar-refractivity contribution in [3.63, 3.8) is 0 Å². The molecule has 2 rings (SSSR count). The monoisotopic (exact) mass is 193 g/mol. The second kappa shape index (κ2) is 3.78. The molecule has 0 amide bonds. The van der Waals surface area contributed by atoms with Crippen LogP contribution in [0.25, 0.3) is 0 Å². The zero-order valence-electron chi connectivity index (χ0n) is 8.54. The van der Waals surface area contributed by atoms with Gasteiger partial charge < -0.3 is 14.8 Å². The molecule has 1 aromatic carbocycles. The molecule has 0 aromatic heterocycles. The van der Waals surface area contributed by atoms with Crippen LogP contribution in [-0.4, -0.2) is 13.3 Å². The third kappa shape index (κ3) is 1.92. The van der Waals surface area contributed by atoms with E-state index in [0.717, 1.165) is 23.7 Å². The van der Waals surface area contributed by atoms with E-state index in [1.807, 2.05) is 18.2 Å². The molecule has 0 aliphatic carbocycles. The second-order valence-corrected chi connectivity index (χ2v) is 3.84. The minimum atomic E-state index is 0.336. The van der Waals surface area contributed by atoms with Crippen molar-refractivity contribution in [2.75, 3.05) is 18.7 Å². The Hall–Kier alpha value is -1.38. The van der Waals surface area contributed by atoms with Crippen LogP contribution in [0.2, 0.25) is 0 Å². The lowest BCUT2D eigenvalue weighted by Crippen LogP contribution is -2.07. The Labute approximate surface area is 84.0 Å². The summed E-state index contributed by atoms with van der Waals surface area (Å²) in [5.74, 6) is 2.30. The Morgan fingerprint density at radius 3 is 2.86 bits per heavy atom. The molecule has 0 bridgehead atoms. The van der Waals surface area contributed by atoms with Gasteiger partial charge in [0.15, 0.2) is 11.5 Å². The van der Waals surface area contributed by atoms with Gasteiger partial charge in [-0.2, -0.15) is 0 Å². The quantitative estimate of drug-likeness (QED) is 0.800. The first-order valence-corrected chi connectivity index (χ1v) is 4.89. The van der Waals surface area contributed by atoms with Crippen LogP contribution < -0.4 is 14.8 Å². The molecule has 1 aliphatic rings. The molecule has 0 unspecified atom stereocenters. The lowest BCUT2D eigenvalue weighted by atomic mass is 10.2. The summed E-state index contributed by atoms with van der Waals surface area (Å²) < 4.78 is 10.5. The highest BCUT2D eigenvalue weighted by Gasteiger charge is 2.12. The van der Waals surface area contributed by atoms with Crippen molar-refractivity contribution in [2.45, 2.75) is 13.8 Å². The van der Waals surface area contributed by atoms with Crippen LogP contribution in [0.15, 0.2) is 18.2 Å². The third-order valence-corrected chi connectivity index (χ3v) is 2.09. The number of fused-ring (bicyclic) bond motifs is 1. The Kier molecular flexibility index (Phi) is 2.48. The topological polar surface area (TPSA) is 30.5 Å². The molecule has 14 heavy (non-hydrogen) atoms. The van der Waals surface area contributed by atoms with Gasteiger partial charge in [-0.05, 0) is 18.1 Å². The van der Waals surface area contributed by atoms with E-state index in [1.165, 1.54) is 0 Å². The van der Waals surface area contributed by atoms with Gasteiger partial charge in [0.2, 0.25) is 6.79 Å². The molecule has 1 aliphatic heterocycles. The van der Waals surface area contributed by atoms with Crippen molar-refractivity contribution in [1.82, 2.24) is 0 Å². The molecule has 3 nitrogen and oxygen atoms in total. The molecule has 0 spiro atoms. The first-order valence-electron chi connectivity index (χ1n) is 4.89. The molecule has 0 saturated heterocycles. The zero-order valence-corrected chi connectivity index (χ0v) is 8.54. The van der Waals surface area contributed by atoms with Gasteiger partial charge >= 0.3 is 0 Å². The molecule has 3 heteroatoms. The molecule has 0 fully saturated rings. The first kappa shape index (κ1) is 9.19. The number of benzene rings is 1. The van der Waals surface area contributed by atoms with Crippen LogP contribution >= 0.6 is 0 Å². The van der Waals surface area contributed by atoms with Crippen LogP contribution in [-0.2, 0) is 0 Å². The highest BCUT2D eigenvalue weighted by molar-refractivity contribution is 5.55. The molecular formula is C11H15NO2. The number of hydrogen-bond acceptors (Lipinski definition) is 3. The van der Waals surface area contributed by atoms with E-state index < -0.39 is 0 Å². The van der Waals surface area contributed by atoms with Crippen molar-refractivity contribution < 1.29 is 9.47 Å². The normalized spacial score (nSPS) is 13.4. The molecule has 76 valence electrons. The number of nitrogens with one attached hydrogen (secondary N) is 1. The maximum Gasteiger partial charge on any atom is 0.231 e. The summed E-state index contributed by atoms with van der Waals surface area (Å²) in [6, 6.07) is 5.92. The number of rotatable bonds is 3. The average molecular weight is 193 g/mol. The highest BCUT2D eigenvalue weighted by atomic mass is 16.7. The van der Waals surface area contributed by atoms with Crippen molar-refractivity contribution in [3.8, 4) is 11.5 Å². The molecule has 0 atom stereocenters. The van der Waals surface area contributed by atoms with Gasteiger partial charge in [0, 0.05) is 18.3 Å².